The highest BCUT2D eigenvalue weighted by atomic mass is 79.9. The molecule has 2 unspecified atom stereocenters. The molecule has 116 valence electrons. The number of halogens is 1. The Bertz CT molecular complexity index is 507. The van der Waals surface area contributed by atoms with Crippen LogP contribution in [0.5, 0.6) is 0 Å². The summed E-state index contributed by atoms with van der Waals surface area (Å²) in [6, 6.07) is 8.63. The predicted octanol–water partition coefficient (Wildman–Crippen LogP) is 4.00. The number of rotatable bonds is 7. The fourth-order valence-corrected chi connectivity index (χ4v) is 4.23. The summed E-state index contributed by atoms with van der Waals surface area (Å²) >= 11 is 5.35. The summed E-state index contributed by atoms with van der Waals surface area (Å²) in [5.74, 6) is -0.172. The van der Waals surface area contributed by atoms with Crippen molar-refractivity contribution in [3.05, 3.63) is 28.7 Å². The zero-order valence-corrected chi connectivity index (χ0v) is 15.1. The maximum atomic E-state index is 12.1. The Hall–Kier alpha value is -0.520. The van der Waals surface area contributed by atoms with E-state index < -0.39 is 5.54 Å². The Balaban J connectivity index is 2.02. The fraction of sp³-hybridized carbons (Fsp3) is 0.562. The molecule has 1 aromatic carbocycles. The van der Waals surface area contributed by atoms with Crippen molar-refractivity contribution >= 4 is 33.7 Å². The normalized spacial score (nSPS) is 18.9. The number of ether oxygens (including phenoxy) is 1. The molecule has 0 saturated heterocycles. The second kappa shape index (κ2) is 7.16. The third-order valence-corrected chi connectivity index (χ3v) is 5.73. The average molecular weight is 372 g/mol. The molecule has 1 N–H and O–H groups in total. The van der Waals surface area contributed by atoms with Crippen molar-refractivity contribution in [1.82, 2.24) is 5.32 Å². The lowest BCUT2D eigenvalue weighted by atomic mass is 9.96. The van der Waals surface area contributed by atoms with Gasteiger partial charge in [0.05, 0.1) is 7.11 Å². The van der Waals surface area contributed by atoms with Crippen LogP contribution in [0.2, 0.25) is 0 Å². The summed E-state index contributed by atoms with van der Waals surface area (Å²) < 4.78 is 6.09. The van der Waals surface area contributed by atoms with Crippen molar-refractivity contribution in [2.24, 2.45) is 0 Å². The van der Waals surface area contributed by atoms with Gasteiger partial charge in [-0.2, -0.15) is 0 Å². The maximum absolute atomic E-state index is 12.1. The van der Waals surface area contributed by atoms with Crippen LogP contribution in [-0.4, -0.2) is 29.9 Å². The summed E-state index contributed by atoms with van der Waals surface area (Å²) in [6.45, 7) is 4.11. The van der Waals surface area contributed by atoms with Crippen molar-refractivity contribution in [2.75, 3.05) is 7.11 Å². The van der Waals surface area contributed by atoms with Crippen LogP contribution in [0, 0.1) is 0 Å². The smallest absolute Gasteiger partial charge is 0.325 e. The van der Waals surface area contributed by atoms with E-state index in [1.165, 1.54) is 12.0 Å². The van der Waals surface area contributed by atoms with Crippen LogP contribution in [0.3, 0.4) is 0 Å². The zero-order chi connectivity index (χ0) is 15.5. The minimum Gasteiger partial charge on any atom is -0.468 e. The van der Waals surface area contributed by atoms with E-state index in [1.54, 1.807) is 11.8 Å². The number of esters is 1. The average Bonchev–Trinajstić information content (AvgIpc) is 3.24. The fourth-order valence-electron chi connectivity index (χ4n) is 2.48. The van der Waals surface area contributed by atoms with E-state index in [4.69, 9.17) is 4.74 Å². The van der Waals surface area contributed by atoms with Gasteiger partial charge in [0, 0.05) is 20.7 Å². The molecule has 0 bridgehead atoms. The Morgan fingerprint density at radius 1 is 1.52 bits per heavy atom. The van der Waals surface area contributed by atoms with E-state index in [1.807, 2.05) is 25.1 Å². The molecule has 0 radical (unpaired) electrons. The van der Waals surface area contributed by atoms with Gasteiger partial charge in [0.1, 0.15) is 5.54 Å². The van der Waals surface area contributed by atoms with Crippen LogP contribution in [0.15, 0.2) is 33.6 Å². The molecule has 1 aromatic rings. The summed E-state index contributed by atoms with van der Waals surface area (Å²) in [5, 5.41) is 3.75. The lowest BCUT2D eigenvalue weighted by molar-refractivity contribution is -0.148. The molecule has 2 atom stereocenters. The molecule has 1 aliphatic carbocycles. The van der Waals surface area contributed by atoms with E-state index in [0.717, 1.165) is 23.7 Å². The number of methoxy groups -OCH3 is 1. The molecule has 1 aliphatic rings. The molecule has 0 spiro atoms. The first-order valence-electron chi connectivity index (χ1n) is 7.22. The molecule has 3 nitrogen and oxygen atoms in total. The first-order valence-corrected chi connectivity index (χ1v) is 8.89. The van der Waals surface area contributed by atoms with Crippen molar-refractivity contribution in [3.63, 3.8) is 0 Å². The molecule has 1 saturated carbocycles. The number of carbonyl (C=O) groups excluding carboxylic acids is 1. The van der Waals surface area contributed by atoms with Crippen molar-refractivity contribution in [2.45, 2.75) is 54.8 Å². The van der Waals surface area contributed by atoms with E-state index in [9.17, 15) is 4.79 Å². The highest BCUT2D eigenvalue weighted by Crippen LogP contribution is 2.35. The van der Waals surface area contributed by atoms with Gasteiger partial charge in [-0.15, -0.1) is 11.8 Å². The van der Waals surface area contributed by atoms with Gasteiger partial charge in [0.2, 0.25) is 0 Å². The number of benzene rings is 1. The monoisotopic (exact) mass is 371 g/mol. The Labute approximate surface area is 139 Å². The van der Waals surface area contributed by atoms with Crippen molar-refractivity contribution < 1.29 is 9.53 Å². The molecule has 0 aromatic heterocycles. The maximum Gasteiger partial charge on any atom is 0.325 e. The molecule has 0 heterocycles. The topological polar surface area (TPSA) is 38.3 Å². The standard InChI is InChI=1S/C16H22BrNO2S/c1-11(21-14-7-5-4-6-13(14)17)10-16(2,15(19)20-3)18-12-8-9-12/h4-7,11-12,18H,8-10H2,1-3H3. The van der Waals surface area contributed by atoms with Gasteiger partial charge in [0.25, 0.3) is 0 Å². The van der Waals surface area contributed by atoms with Gasteiger partial charge in [-0.25, -0.2) is 0 Å². The molecule has 2 rings (SSSR count). The lowest BCUT2D eigenvalue weighted by Gasteiger charge is -2.30. The Kier molecular flexibility index (Phi) is 5.74. The van der Waals surface area contributed by atoms with E-state index in [0.29, 0.717) is 11.3 Å². The van der Waals surface area contributed by atoms with Gasteiger partial charge in [0.15, 0.2) is 0 Å². The number of thioether (sulfide) groups is 1. The Morgan fingerprint density at radius 2 is 2.19 bits per heavy atom. The number of hydrogen-bond acceptors (Lipinski definition) is 4. The first-order chi connectivity index (χ1) is 9.94. The van der Waals surface area contributed by atoms with Crippen LogP contribution < -0.4 is 5.32 Å². The van der Waals surface area contributed by atoms with Gasteiger partial charge < -0.3 is 4.74 Å². The second-order valence-corrected chi connectivity index (χ2v) is 8.14. The summed E-state index contributed by atoms with van der Waals surface area (Å²) in [6.07, 6.45) is 3.04. The minimum absolute atomic E-state index is 0.172. The number of carbonyl (C=O) groups is 1. The predicted molar refractivity (Wildman–Crippen MR) is 90.7 cm³/mol. The molecule has 5 heteroatoms. The summed E-state index contributed by atoms with van der Waals surface area (Å²) in [4.78, 5) is 13.3. The molecular weight excluding hydrogens is 350 g/mol. The third kappa shape index (κ3) is 4.73. The van der Waals surface area contributed by atoms with Crippen LogP contribution in [0.4, 0.5) is 0 Å². The van der Waals surface area contributed by atoms with E-state index >= 15 is 0 Å². The minimum atomic E-state index is -0.608. The van der Waals surface area contributed by atoms with Crippen molar-refractivity contribution in [3.8, 4) is 0 Å². The van der Waals surface area contributed by atoms with Gasteiger partial charge >= 0.3 is 5.97 Å². The SMILES string of the molecule is COC(=O)C(C)(CC(C)Sc1ccccc1Br)NC1CC1. The Morgan fingerprint density at radius 3 is 2.76 bits per heavy atom. The van der Waals surface area contributed by atoms with Crippen LogP contribution in [0.1, 0.15) is 33.1 Å². The van der Waals surface area contributed by atoms with E-state index in [-0.39, 0.29) is 5.97 Å². The van der Waals surface area contributed by atoms with Crippen LogP contribution >= 0.6 is 27.7 Å². The highest BCUT2D eigenvalue weighted by Gasteiger charge is 2.40. The van der Waals surface area contributed by atoms with Gasteiger partial charge in [-0.3, -0.25) is 10.1 Å². The summed E-state index contributed by atoms with van der Waals surface area (Å²) in [5.41, 5.74) is -0.608. The first kappa shape index (κ1) is 16.8. The molecule has 1 fully saturated rings. The lowest BCUT2D eigenvalue weighted by Crippen LogP contribution is -2.52. The second-order valence-electron chi connectivity index (χ2n) is 5.81. The van der Waals surface area contributed by atoms with E-state index in [2.05, 4.69) is 34.2 Å². The van der Waals surface area contributed by atoms with Crippen LogP contribution in [-0.2, 0) is 9.53 Å². The number of nitrogens with one attached hydrogen (secondary N) is 1. The van der Waals surface area contributed by atoms with Gasteiger partial charge in [-0.05, 0) is 54.2 Å². The van der Waals surface area contributed by atoms with Gasteiger partial charge in [-0.1, -0.05) is 19.1 Å². The largest absolute Gasteiger partial charge is 0.468 e. The molecular formula is C16H22BrNO2S. The van der Waals surface area contributed by atoms with Crippen LogP contribution in [0.25, 0.3) is 0 Å². The molecule has 21 heavy (non-hydrogen) atoms. The third-order valence-electron chi connectivity index (χ3n) is 3.60. The number of hydrogen-bond donors (Lipinski definition) is 1. The quantitative estimate of drug-likeness (QED) is 0.580. The highest BCUT2D eigenvalue weighted by molar-refractivity contribution is 9.10. The summed E-state index contributed by atoms with van der Waals surface area (Å²) in [7, 11) is 1.46. The molecule has 0 amide bonds. The zero-order valence-electron chi connectivity index (χ0n) is 12.7. The molecule has 0 aliphatic heterocycles. The van der Waals surface area contributed by atoms with Crippen molar-refractivity contribution in [1.29, 1.82) is 0 Å².